The molecule has 1 fully saturated rings. The molecular formula is C15H19FN2O3S. The van der Waals surface area contributed by atoms with Gasteiger partial charge < -0.3 is 4.74 Å². The van der Waals surface area contributed by atoms with Gasteiger partial charge in [-0.05, 0) is 18.6 Å². The van der Waals surface area contributed by atoms with Crippen molar-refractivity contribution in [3.8, 4) is 5.75 Å². The first-order valence-electron chi connectivity index (χ1n) is 7.25. The number of hydrogen-bond donors (Lipinski definition) is 0. The van der Waals surface area contributed by atoms with Crippen LogP contribution in [0.25, 0.3) is 0 Å². The number of hydrogen-bond acceptors (Lipinski definition) is 4. The minimum Gasteiger partial charge on any atom is -0.494 e. The summed E-state index contributed by atoms with van der Waals surface area (Å²) in [4.78, 5) is 2.34. The minimum atomic E-state index is -3.61. The average molecular weight is 326 g/mol. The smallest absolute Gasteiger partial charge is 0.243 e. The van der Waals surface area contributed by atoms with Crippen molar-refractivity contribution in [2.45, 2.75) is 17.4 Å². The summed E-state index contributed by atoms with van der Waals surface area (Å²) in [5.74, 6) is -0.621. The van der Waals surface area contributed by atoms with Crippen LogP contribution in [-0.4, -0.2) is 57.0 Å². The van der Waals surface area contributed by atoms with Crippen molar-refractivity contribution in [3.05, 3.63) is 36.2 Å². The summed E-state index contributed by atoms with van der Waals surface area (Å²) in [7, 11) is -2.29. The maximum Gasteiger partial charge on any atom is 0.243 e. The molecule has 1 aromatic rings. The summed E-state index contributed by atoms with van der Waals surface area (Å²) in [5, 5.41) is 0. The van der Waals surface area contributed by atoms with Gasteiger partial charge in [0.1, 0.15) is 0 Å². The van der Waals surface area contributed by atoms with Crippen LogP contribution in [0.4, 0.5) is 4.39 Å². The highest BCUT2D eigenvalue weighted by Crippen LogP contribution is 2.27. The van der Waals surface area contributed by atoms with Crippen molar-refractivity contribution in [1.29, 1.82) is 0 Å². The lowest BCUT2D eigenvalue weighted by molar-refractivity contribution is 0.261. The van der Waals surface area contributed by atoms with Gasteiger partial charge in [-0.2, -0.15) is 4.31 Å². The molecule has 0 aliphatic carbocycles. The fraction of sp³-hybridized carbons (Fsp3) is 0.467. The second-order valence-corrected chi connectivity index (χ2v) is 7.47. The fourth-order valence-electron chi connectivity index (χ4n) is 2.97. The number of benzene rings is 1. The SMILES string of the molecule is COc1cc(S(=O)(=O)N2CC[C@H](N3CC=CC3)C2)ccc1F. The van der Waals surface area contributed by atoms with Crippen LogP contribution in [0.1, 0.15) is 6.42 Å². The summed E-state index contributed by atoms with van der Waals surface area (Å²) < 4.78 is 45.2. The topological polar surface area (TPSA) is 49.9 Å². The largest absolute Gasteiger partial charge is 0.494 e. The zero-order chi connectivity index (χ0) is 15.7. The van der Waals surface area contributed by atoms with E-state index in [4.69, 9.17) is 4.74 Å². The van der Waals surface area contributed by atoms with Gasteiger partial charge in [-0.25, -0.2) is 12.8 Å². The Morgan fingerprint density at radius 3 is 2.68 bits per heavy atom. The van der Waals surface area contributed by atoms with Crippen LogP contribution in [0, 0.1) is 5.82 Å². The van der Waals surface area contributed by atoms with Crippen LogP contribution in [0.2, 0.25) is 0 Å². The van der Waals surface area contributed by atoms with Gasteiger partial charge in [0.2, 0.25) is 10.0 Å². The third-order valence-electron chi connectivity index (χ3n) is 4.25. The molecule has 5 nitrogen and oxygen atoms in total. The van der Waals surface area contributed by atoms with E-state index < -0.39 is 15.8 Å². The van der Waals surface area contributed by atoms with E-state index in [0.717, 1.165) is 25.6 Å². The number of rotatable bonds is 4. The zero-order valence-corrected chi connectivity index (χ0v) is 13.2. The highest BCUT2D eigenvalue weighted by Gasteiger charge is 2.35. The van der Waals surface area contributed by atoms with Crippen LogP contribution in [0.3, 0.4) is 0 Å². The molecule has 0 aromatic heterocycles. The molecule has 0 spiro atoms. The molecule has 0 N–H and O–H groups in total. The molecule has 0 amide bonds. The summed E-state index contributed by atoms with van der Waals surface area (Å²) in [6.45, 7) is 2.72. The molecule has 1 aromatic carbocycles. The van der Waals surface area contributed by atoms with Crippen LogP contribution in [0.5, 0.6) is 5.75 Å². The van der Waals surface area contributed by atoms with Gasteiger partial charge in [0.25, 0.3) is 0 Å². The molecular weight excluding hydrogens is 307 g/mol. The van der Waals surface area contributed by atoms with Crippen LogP contribution in [-0.2, 0) is 10.0 Å². The first-order chi connectivity index (χ1) is 10.5. The third kappa shape index (κ3) is 2.76. The standard InChI is InChI=1S/C15H19FN2O3S/c1-21-15-10-13(4-5-14(15)16)22(19,20)18-9-6-12(11-18)17-7-2-3-8-17/h2-5,10,12H,6-9,11H2,1H3/t12-/m0/s1. The fourth-order valence-corrected chi connectivity index (χ4v) is 4.48. The molecule has 22 heavy (non-hydrogen) atoms. The van der Waals surface area contributed by atoms with E-state index >= 15 is 0 Å². The third-order valence-corrected chi connectivity index (χ3v) is 6.11. The van der Waals surface area contributed by atoms with E-state index in [1.165, 1.54) is 23.5 Å². The van der Waals surface area contributed by atoms with E-state index in [0.29, 0.717) is 13.1 Å². The highest BCUT2D eigenvalue weighted by atomic mass is 32.2. The second-order valence-electron chi connectivity index (χ2n) is 5.53. The number of ether oxygens (including phenoxy) is 1. The van der Waals surface area contributed by atoms with Gasteiger partial charge in [0.05, 0.1) is 12.0 Å². The van der Waals surface area contributed by atoms with Gasteiger partial charge in [-0.3, -0.25) is 4.90 Å². The molecule has 0 radical (unpaired) electrons. The summed E-state index contributed by atoms with van der Waals surface area (Å²) >= 11 is 0. The minimum absolute atomic E-state index is 0.0550. The van der Waals surface area contributed by atoms with Crippen LogP contribution < -0.4 is 4.74 Å². The van der Waals surface area contributed by atoms with Gasteiger partial charge >= 0.3 is 0 Å². The Labute approximate surface area is 130 Å². The number of nitrogens with zero attached hydrogens (tertiary/aromatic N) is 2. The maximum absolute atomic E-state index is 13.5. The van der Waals surface area contributed by atoms with Gasteiger partial charge in [0, 0.05) is 38.3 Å². The van der Waals surface area contributed by atoms with Crippen molar-refractivity contribution in [2.24, 2.45) is 0 Å². The first-order valence-corrected chi connectivity index (χ1v) is 8.69. The summed E-state index contributed by atoms with van der Waals surface area (Å²) in [6.07, 6.45) is 5.02. The van der Waals surface area contributed by atoms with E-state index in [-0.39, 0.29) is 16.7 Å². The quantitative estimate of drug-likeness (QED) is 0.786. The summed E-state index contributed by atoms with van der Waals surface area (Å²) in [5.41, 5.74) is 0. The molecule has 1 atom stereocenters. The Morgan fingerprint density at radius 2 is 2.00 bits per heavy atom. The molecule has 0 saturated carbocycles. The van der Waals surface area contributed by atoms with Crippen molar-refractivity contribution in [3.63, 3.8) is 0 Å². The molecule has 3 rings (SSSR count). The Kier molecular flexibility index (Phi) is 4.20. The van der Waals surface area contributed by atoms with E-state index in [9.17, 15) is 12.8 Å². The molecule has 2 aliphatic rings. The van der Waals surface area contributed by atoms with Gasteiger partial charge in [-0.1, -0.05) is 12.2 Å². The molecule has 120 valence electrons. The van der Waals surface area contributed by atoms with Crippen LogP contribution in [0.15, 0.2) is 35.2 Å². The van der Waals surface area contributed by atoms with Crippen molar-refractivity contribution < 1.29 is 17.5 Å². The lowest BCUT2D eigenvalue weighted by atomic mass is 10.2. The zero-order valence-electron chi connectivity index (χ0n) is 12.4. The lowest BCUT2D eigenvalue weighted by Crippen LogP contribution is -2.37. The van der Waals surface area contributed by atoms with Crippen molar-refractivity contribution >= 4 is 10.0 Å². The number of sulfonamides is 1. The van der Waals surface area contributed by atoms with E-state index in [2.05, 4.69) is 17.1 Å². The van der Waals surface area contributed by atoms with Gasteiger partial charge in [0.15, 0.2) is 11.6 Å². The van der Waals surface area contributed by atoms with Crippen molar-refractivity contribution in [1.82, 2.24) is 9.21 Å². The molecule has 7 heteroatoms. The lowest BCUT2D eigenvalue weighted by Gasteiger charge is -2.23. The van der Waals surface area contributed by atoms with Gasteiger partial charge in [-0.15, -0.1) is 0 Å². The Morgan fingerprint density at radius 1 is 1.27 bits per heavy atom. The molecule has 0 unspecified atom stereocenters. The normalized spacial score (nSPS) is 23.3. The Hall–Kier alpha value is -1.44. The predicted molar refractivity (Wildman–Crippen MR) is 80.8 cm³/mol. The second kappa shape index (κ2) is 5.98. The predicted octanol–water partition coefficient (Wildman–Crippen LogP) is 1.47. The van der Waals surface area contributed by atoms with Crippen molar-refractivity contribution in [2.75, 3.05) is 33.3 Å². The molecule has 2 aliphatic heterocycles. The Balaban J connectivity index is 1.78. The molecule has 2 heterocycles. The maximum atomic E-state index is 13.5. The van der Waals surface area contributed by atoms with E-state index in [1.807, 2.05) is 0 Å². The molecule has 1 saturated heterocycles. The number of halogens is 1. The first kappa shape index (κ1) is 15.5. The molecule has 0 bridgehead atoms. The highest BCUT2D eigenvalue weighted by molar-refractivity contribution is 7.89. The monoisotopic (exact) mass is 326 g/mol. The number of methoxy groups -OCH3 is 1. The summed E-state index contributed by atoms with van der Waals surface area (Å²) in [6, 6.07) is 3.91. The average Bonchev–Trinajstić information content (AvgIpc) is 3.18. The van der Waals surface area contributed by atoms with Crippen LogP contribution >= 0.6 is 0 Å². The van der Waals surface area contributed by atoms with E-state index in [1.54, 1.807) is 0 Å². The Bertz CT molecular complexity index is 682.